The second-order valence-corrected chi connectivity index (χ2v) is 5.05. The smallest absolute Gasteiger partial charge is 0.119 e. The third kappa shape index (κ3) is 3.69. The van der Waals surface area contributed by atoms with Gasteiger partial charge in [0.05, 0.1) is 6.61 Å². The average Bonchev–Trinajstić information content (AvgIpc) is 2.48. The summed E-state index contributed by atoms with van der Waals surface area (Å²) in [7, 11) is 0. The van der Waals surface area contributed by atoms with Gasteiger partial charge in [0, 0.05) is 38.3 Å². The molecule has 0 bridgehead atoms. The molecule has 1 fully saturated rings. The minimum Gasteiger partial charge on any atom is -0.494 e. The maximum atomic E-state index is 6.39. The molecule has 3 N–H and O–H groups in total. The first kappa shape index (κ1) is 14.3. The zero-order valence-electron chi connectivity index (χ0n) is 11.9. The number of piperazine rings is 1. The van der Waals surface area contributed by atoms with Crippen molar-refractivity contribution in [2.75, 3.05) is 32.8 Å². The summed E-state index contributed by atoms with van der Waals surface area (Å²) in [6, 6.07) is 8.57. The Hall–Kier alpha value is -1.10. The predicted molar refractivity (Wildman–Crippen MR) is 78.4 cm³/mol. The Labute approximate surface area is 115 Å². The summed E-state index contributed by atoms with van der Waals surface area (Å²) in [4.78, 5) is 2.46. The van der Waals surface area contributed by atoms with Crippen molar-refractivity contribution in [3.05, 3.63) is 29.8 Å². The number of rotatable bonds is 5. The lowest BCUT2D eigenvalue weighted by atomic mass is 9.99. The lowest BCUT2D eigenvalue weighted by Gasteiger charge is -2.36. The quantitative estimate of drug-likeness (QED) is 0.842. The van der Waals surface area contributed by atoms with Crippen LogP contribution in [-0.4, -0.2) is 43.7 Å². The average molecular weight is 263 g/mol. The Morgan fingerprint density at radius 2 is 1.89 bits per heavy atom. The number of benzene rings is 1. The molecule has 2 unspecified atom stereocenters. The van der Waals surface area contributed by atoms with Crippen LogP contribution in [0.4, 0.5) is 0 Å². The fourth-order valence-electron chi connectivity index (χ4n) is 2.55. The van der Waals surface area contributed by atoms with Crippen LogP contribution < -0.4 is 15.8 Å². The van der Waals surface area contributed by atoms with Gasteiger partial charge >= 0.3 is 0 Å². The van der Waals surface area contributed by atoms with E-state index in [9.17, 15) is 0 Å². The van der Waals surface area contributed by atoms with Crippen molar-refractivity contribution < 1.29 is 4.74 Å². The zero-order valence-corrected chi connectivity index (χ0v) is 11.9. The largest absolute Gasteiger partial charge is 0.494 e. The topological polar surface area (TPSA) is 50.5 Å². The molecule has 2 rings (SSSR count). The van der Waals surface area contributed by atoms with Gasteiger partial charge in [0.15, 0.2) is 0 Å². The number of nitrogens with zero attached hydrogens (tertiary/aromatic N) is 1. The molecular weight excluding hydrogens is 238 g/mol. The van der Waals surface area contributed by atoms with Crippen molar-refractivity contribution in [1.82, 2.24) is 10.2 Å². The molecule has 1 aromatic carbocycles. The second-order valence-electron chi connectivity index (χ2n) is 5.05. The molecular formula is C15H25N3O. The number of nitrogens with one attached hydrogen (secondary N) is 1. The highest BCUT2D eigenvalue weighted by Gasteiger charge is 2.23. The number of ether oxygens (including phenoxy) is 1. The van der Waals surface area contributed by atoms with Gasteiger partial charge in [-0.1, -0.05) is 12.1 Å². The van der Waals surface area contributed by atoms with Gasteiger partial charge in [-0.05, 0) is 31.5 Å². The third-order valence-corrected chi connectivity index (χ3v) is 3.82. The molecule has 0 spiro atoms. The van der Waals surface area contributed by atoms with Crippen molar-refractivity contribution in [3.63, 3.8) is 0 Å². The zero-order chi connectivity index (χ0) is 13.7. The molecule has 4 heteroatoms. The fraction of sp³-hybridized carbons (Fsp3) is 0.600. The Bertz CT molecular complexity index is 373. The molecule has 106 valence electrons. The second kappa shape index (κ2) is 6.89. The van der Waals surface area contributed by atoms with Crippen LogP contribution in [0, 0.1) is 0 Å². The summed E-state index contributed by atoms with van der Waals surface area (Å²) in [5.74, 6) is 0.910. The third-order valence-electron chi connectivity index (χ3n) is 3.82. The van der Waals surface area contributed by atoms with Gasteiger partial charge in [-0.2, -0.15) is 0 Å². The summed E-state index contributed by atoms with van der Waals surface area (Å²) >= 11 is 0. The van der Waals surface area contributed by atoms with E-state index in [1.807, 2.05) is 19.1 Å². The van der Waals surface area contributed by atoms with Gasteiger partial charge in [0.2, 0.25) is 0 Å². The van der Waals surface area contributed by atoms with Crippen LogP contribution in [0.15, 0.2) is 24.3 Å². The van der Waals surface area contributed by atoms with Gasteiger partial charge < -0.3 is 15.8 Å². The molecule has 0 aromatic heterocycles. The normalized spacial score (nSPS) is 19.9. The number of hydrogen-bond acceptors (Lipinski definition) is 4. The molecule has 0 amide bonds. The summed E-state index contributed by atoms with van der Waals surface area (Å²) in [6.45, 7) is 9.17. The molecule has 0 saturated carbocycles. The van der Waals surface area contributed by atoms with E-state index in [-0.39, 0.29) is 6.04 Å². The molecule has 0 radical (unpaired) electrons. The van der Waals surface area contributed by atoms with Gasteiger partial charge in [0.1, 0.15) is 5.75 Å². The Morgan fingerprint density at radius 1 is 1.26 bits per heavy atom. The van der Waals surface area contributed by atoms with Crippen LogP contribution in [0.2, 0.25) is 0 Å². The van der Waals surface area contributed by atoms with Crippen LogP contribution in [-0.2, 0) is 0 Å². The first-order valence-electron chi connectivity index (χ1n) is 7.15. The van der Waals surface area contributed by atoms with Gasteiger partial charge in [-0.25, -0.2) is 0 Å². The van der Waals surface area contributed by atoms with Crippen LogP contribution in [0.3, 0.4) is 0 Å². The molecule has 1 aliphatic heterocycles. The molecule has 19 heavy (non-hydrogen) atoms. The van der Waals surface area contributed by atoms with E-state index >= 15 is 0 Å². The maximum absolute atomic E-state index is 6.39. The summed E-state index contributed by atoms with van der Waals surface area (Å²) < 4.78 is 5.46. The monoisotopic (exact) mass is 263 g/mol. The molecule has 1 saturated heterocycles. The highest BCUT2D eigenvalue weighted by atomic mass is 16.5. The Kier molecular flexibility index (Phi) is 5.19. The minimum atomic E-state index is 0.0498. The van der Waals surface area contributed by atoms with Crippen LogP contribution >= 0.6 is 0 Å². The van der Waals surface area contributed by atoms with Crippen molar-refractivity contribution in [2.45, 2.75) is 25.9 Å². The van der Waals surface area contributed by atoms with Crippen LogP contribution in [0.1, 0.15) is 25.5 Å². The maximum Gasteiger partial charge on any atom is 0.119 e. The van der Waals surface area contributed by atoms with Crippen molar-refractivity contribution in [3.8, 4) is 5.75 Å². The van der Waals surface area contributed by atoms with E-state index in [1.54, 1.807) is 0 Å². The SMILES string of the molecule is CCOc1ccc(C(N)C(C)N2CCNCC2)cc1. The van der Waals surface area contributed by atoms with E-state index in [2.05, 4.69) is 29.3 Å². The first-order valence-corrected chi connectivity index (χ1v) is 7.15. The van der Waals surface area contributed by atoms with E-state index in [0.29, 0.717) is 12.6 Å². The molecule has 0 aliphatic carbocycles. The fourth-order valence-corrected chi connectivity index (χ4v) is 2.55. The summed E-state index contributed by atoms with van der Waals surface area (Å²) in [6.07, 6.45) is 0. The minimum absolute atomic E-state index is 0.0498. The predicted octanol–water partition coefficient (Wildman–Crippen LogP) is 1.38. The standard InChI is InChI=1S/C15H25N3O/c1-3-19-14-6-4-13(5-7-14)15(16)12(2)18-10-8-17-9-11-18/h4-7,12,15,17H,3,8-11,16H2,1-2H3. The van der Waals surface area contributed by atoms with E-state index in [4.69, 9.17) is 10.5 Å². The molecule has 4 nitrogen and oxygen atoms in total. The van der Waals surface area contributed by atoms with E-state index < -0.39 is 0 Å². The molecule has 2 atom stereocenters. The lowest BCUT2D eigenvalue weighted by Crippen LogP contribution is -2.50. The van der Waals surface area contributed by atoms with Gasteiger partial charge in [-0.3, -0.25) is 4.90 Å². The molecule has 1 aromatic rings. The van der Waals surface area contributed by atoms with Gasteiger partial charge in [0.25, 0.3) is 0 Å². The van der Waals surface area contributed by atoms with E-state index in [0.717, 1.165) is 31.9 Å². The van der Waals surface area contributed by atoms with Crippen LogP contribution in [0.25, 0.3) is 0 Å². The van der Waals surface area contributed by atoms with E-state index in [1.165, 1.54) is 5.56 Å². The van der Waals surface area contributed by atoms with Crippen molar-refractivity contribution in [2.24, 2.45) is 5.73 Å². The lowest BCUT2D eigenvalue weighted by molar-refractivity contribution is 0.163. The van der Waals surface area contributed by atoms with Gasteiger partial charge in [-0.15, -0.1) is 0 Å². The van der Waals surface area contributed by atoms with Crippen LogP contribution in [0.5, 0.6) is 5.75 Å². The molecule has 1 aliphatic rings. The molecule has 1 heterocycles. The van der Waals surface area contributed by atoms with Crippen molar-refractivity contribution in [1.29, 1.82) is 0 Å². The number of nitrogens with two attached hydrogens (primary N) is 1. The first-order chi connectivity index (χ1) is 9.22. The highest BCUT2D eigenvalue weighted by molar-refractivity contribution is 5.29. The Balaban J connectivity index is 1.99. The Morgan fingerprint density at radius 3 is 2.47 bits per heavy atom. The highest BCUT2D eigenvalue weighted by Crippen LogP contribution is 2.21. The number of hydrogen-bond donors (Lipinski definition) is 2. The summed E-state index contributed by atoms with van der Waals surface area (Å²) in [5, 5.41) is 3.37. The van der Waals surface area contributed by atoms with Crippen molar-refractivity contribution >= 4 is 0 Å². The summed E-state index contributed by atoms with van der Waals surface area (Å²) in [5.41, 5.74) is 7.57.